The van der Waals surface area contributed by atoms with E-state index >= 15 is 0 Å². The van der Waals surface area contributed by atoms with Gasteiger partial charge < -0.3 is 5.32 Å². The quantitative estimate of drug-likeness (QED) is 0.807. The van der Waals surface area contributed by atoms with Crippen molar-refractivity contribution in [3.63, 3.8) is 0 Å². The van der Waals surface area contributed by atoms with Gasteiger partial charge in [0.15, 0.2) is 0 Å². The third kappa shape index (κ3) is 2.08. The van der Waals surface area contributed by atoms with Gasteiger partial charge in [0.05, 0.1) is 0 Å². The second-order valence-corrected chi connectivity index (χ2v) is 5.45. The van der Waals surface area contributed by atoms with Crippen molar-refractivity contribution in [2.75, 3.05) is 13.1 Å². The van der Waals surface area contributed by atoms with Gasteiger partial charge in [-0.05, 0) is 55.0 Å². The zero-order valence-corrected chi connectivity index (χ0v) is 11.1. The van der Waals surface area contributed by atoms with Crippen molar-refractivity contribution < 1.29 is 4.39 Å². The van der Waals surface area contributed by atoms with Crippen LogP contribution in [0, 0.1) is 0 Å². The molecule has 3 rings (SSSR count). The molecule has 1 unspecified atom stereocenters. The molecule has 1 heterocycles. The van der Waals surface area contributed by atoms with Gasteiger partial charge >= 0.3 is 0 Å². The summed E-state index contributed by atoms with van der Waals surface area (Å²) in [5, 5.41) is 4.12. The minimum atomic E-state index is -0.818. The summed E-state index contributed by atoms with van der Waals surface area (Å²) in [6.45, 7) is 1.86. The Hall–Kier alpha value is -0.860. The third-order valence-electron chi connectivity index (χ3n) is 3.87. The summed E-state index contributed by atoms with van der Waals surface area (Å²) in [5.41, 5.74) is 4.31. The highest BCUT2D eigenvalue weighted by molar-refractivity contribution is 6.32. The molecule has 0 saturated heterocycles. The van der Waals surface area contributed by atoms with Crippen molar-refractivity contribution >= 4 is 17.2 Å². The molecule has 1 aliphatic heterocycles. The van der Waals surface area contributed by atoms with Crippen LogP contribution in [0.15, 0.2) is 18.2 Å². The summed E-state index contributed by atoms with van der Waals surface area (Å²) in [5.74, 6) is 0. The lowest BCUT2D eigenvalue weighted by molar-refractivity contribution is 0.302. The largest absolute Gasteiger partial charge is 0.312 e. The lowest BCUT2D eigenvalue weighted by Gasteiger charge is -2.26. The first-order chi connectivity index (χ1) is 8.77. The molecule has 0 spiro atoms. The minimum absolute atomic E-state index is 0.644. The maximum atomic E-state index is 14.0. The topological polar surface area (TPSA) is 12.0 Å². The molecule has 1 aromatic rings. The van der Waals surface area contributed by atoms with E-state index in [0.29, 0.717) is 6.42 Å². The van der Waals surface area contributed by atoms with Crippen molar-refractivity contribution in [3.05, 3.63) is 39.9 Å². The first-order valence-corrected chi connectivity index (χ1v) is 7.00. The van der Waals surface area contributed by atoms with E-state index < -0.39 is 6.17 Å². The Labute approximate surface area is 112 Å². The summed E-state index contributed by atoms with van der Waals surface area (Å²) in [6.07, 6.45) is 4.95. The highest BCUT2D eigenvalue weighted by Crippen LogP contribution is 2.39. The Morgan fingerprint density at radius 1 is 1.33 bits per heavy atom. The standard InChI is InChI=1S/C15H17ClFN/c16-13-7-6-11-12(4-1-5-14(11)17)15(13)10-3-2-8-18-9-10/h3,6-7,14,18H,1-2,4-5,8-9H2. The average Bonchev–Trinajstić information content (AvgIpc) is 2.40. The van der Waals surface area contributed by atoms with E-state index in [0.717, 1.165) is 54.1 Å². The highest BCUT2D eigenvalue weighted by atomic mass is 35.5. The molecule has 2 aliphatic rings. The van der Waals surface area contributed by atoms with Crippen LogP contribution in [-0.2, 0) is 6.42 Å². The van der Waals surface area contributed by atoms with Crippen LogP contribution in [0.3, 0.4) is 0 Å². The van der Waals surface area contributed by atoms with Gasteiger partial charge in [0.1, 0.15) is 6.17 Å². The first-order valence-electron chi connectivity index (χ1n) is 6.63. The molecule has 1 atom stereocenters. The van der Waals surface area contributed by atoms with Gasteiger partial charge in [-0.1, -0.05) is 23.7 Å². The molecule has 1 nitrogen and oxygen atoms in total. The molecule has 0 radical (unpaired) electrons. The van der Waals surface area contributed by atoms with E-state index in [1.807, 2.05) is 12.1 Å². The summed E-state index contributed by atoms with van der Waals surface area (Å²) >= 11 is 6.35. The highest BCUT2D eigenvalue weighted by Gasteiger charge is 2.24. The minimum Gasteiger partial charge on any atom is -0.312 e. The van der Waals surface area contributed by atoms with Crippen LogP contribution in [0.1, 0.15) is 42.1 Å². The van der Waals surface area contributed by atoms with Crippen molar-refractivity contribution in [2.24, 2.45) is 0 Å². The van der Waals surface area contributed by atoms with E-state index in [4.69, 9.17) is 11.6 Å². The number of halogens is 2. The summed E-state index contributed by atoms with van der Waals surface area (Å²) in [4.78, 5) is 0. The van der Waals surface area contributed by atoms with Crippen molar-refractivity contribution in [1.29, 1.82) is 0 Å². The Balaban J connectivity index is 2.12. The number of nitrogens with one attached hydrogen (secondary N) is 1. The maximum absolute atomic E-state index is 14.0. The number of rotatable bonds is 1. The summed E-state index contributed by atoms with van der Waals surface area (Å²) in [6, 6.07) is 3.71. The molecule has 1 N–H and O–H groups in total. The number of alkyl halides is 1. The van der Waals surface area contributed by atoms with Crippen LogP contribution in [0.5, 0.6) is 0 Å². The summed E-state index contributed by atoms with van der Waals surface area (Å²) in [7, 11) is 0. The third-order valence-corrected chi connectivity index (χ3v) is 4.18. The first kappa shape index (κ1) is 12.2. The molecule has 0 fully saturated rings. The van der Waals surface area contributed by atoms with Gasteiger partial charge in [-0.15, -0.1) is 0 Å². The molecular formula is C15H17ClFN. The monoisotopic (exact) mass is 265 g/mol. The Morgan fingerprint density at radius 3 is 3.00 bits per heavy atom. The number of hydrogen-bond acceptors (Lipinski definition) is 1. The second kappa shape index (κ2) is 5.02. The van der Waals surface area contributed by atoms with E-state index in [9.17, 15) is 4.39 Å². The molecule has 3 heteroatoms. The molecule has 18 heavy (non-hydrogen) atoms. The zero-order valence-electron chi connectivity index (χ0n) is 10.3. The normalized spacial score (nSPS) is 23.4. The van der Waals surface area contributed by atoms with E-state index in [2.05, 4.69) is 11.4 Å². The van der Waals surface area contributed by atoms with Crippen molar-refractivity contribution in [2.45, 2.75) is 31.9 Å². The zero-order chi connectivity index (χ0) is 12.5. The SMILES string of the molecule is FC1CCCc2c1ccc(Cl)c2C1=CCCNC1. The Bertz CT molecular complexity index is 496. The van der Waals surface area contributed by atoms with Gasteiger partial charge in [0.2, 0.25) is 0 Å². The van der Waals surface area contributed by atoms with Crippen molar-refractivity contribution in [1.82, 2.24) is 5.32 Å². The fraction of sp³-hybridized carbons (Fsp3) is 0.467. The van der Waals surface area contributed by atoms with Crippen LogP contribution in [0.4, 0.5) is 4.39 Å². The Kier molecular flexibility index (Phi) is 3.40. The average molecular weight is 266 g/mol. The molecular weight excluding hydrogens is 249 g/mol. The molecule has 1 aliphatic carbocycles. The molecule has 0 amide bonds. The number of hydrogen-bond donors (Lipinski definition) is 1. The van der Waals surface area contributed by atoms with Crippen LogP contribution < -0.4 is 5.32 Å². The van der Waals surface area contributed by atoms with Gasteiger partial charge in [-0.2, -0.15) is 0 Å². The molecule has 0 saturated carbocycles. The van der Waals surface area contributed by atoms with Crippen LogP contribution in [0.2, 0.25) is 5.02 Å². The van der Waals surface area contributed by atoms with Gasteiger partial charge in [-0.3, -0.25) is 0 Å². The van der Waals surface area contributed by atoms with Gasteiger partial charge in [0, 0.05) is 17.1 Å². The fourth-order valence-electron chi connectivity index (χ4n) is 2.99. The van der Waals surface area contributed by atoms with E-state index in [1.165, 1.54) is 5.57 Å². The number of fused-ring (bicyclic) bond motifs is 1. The lowest BCUT2D eigenvalue weighted by Crippen LogP contribution is -2.22. The molecule has 1 aromatic carbocycles. The van der Waals surface area contributed by atoms with Gasteiger partial charge in [-0.25, -0.2) is 4.39 Å². The molecule has 0 bridgehead atoms. The van der Waals surface area contributed by atoms with Gasteiger partial charge in [0.25, 0.3) is 0 Å². The predicted molar refractivity (Wildman–Crippen MR) is 73.7 cm³/mol. The fourth-order valence-corrected chi connectivity index (χ4v) is 3.29. The lowest BCUT2D eigenvalue weighted by atomic mass is 9.84. The van der Waals surface area contributed by atoms with E-state index in [1.54, 1.807) is 0 Å². The van der Waals surface area contributed by atoms with Crippen LogP contribution in [-0.4, -0.2) is 13.1 Å². The second-order valence-electron chi connectivity index (χ2n) is 5.04. The van der Waals surface area contributed by atoms with Crippen molar-refractivity contribution in [3.8, 4) is 0 Å². The number of benzene rings is 1. The molecule has 96 valence electrons. The Morgan fingerprint density at radius 2 is 2.22 bits per heavy atom. The smallest absolute Gasteiger partial charge is 0.125 e. The maximum Gasteiger partial charge on any atom is 0.125 e. The summed E-state index contributed by atoms with van der Waals surface area (Å²) < 4.78 is 14.0. The molecule has 0 aromatic heterocycles. The van der Waals surface area contributed by atoms with Crippen LogP contribution >= 0.6 is 11.6 Å². The predicted octanol–water partition coefficient (Wildman–Crippen LogP) is 4.06. The van der Waals surface area contributed by atoms with E-state index in [-0.39, 0.29) is 0 Å². The van der Waals surface area contributed by atoms with Crippen LogP contribution in [0.25, 0.3) is 5.57 Å².